The maximum atomic E-state index is 5.16. The second-order valence-corrected chi connectivity index (χ2v) is 3.52. The first kappa shape index (κ1) is 11.3. The molecule has 0 bridgehead atoms. The highest BCUT2D eigenvalue weighted by molar-refractivity contribution is 5.85. The molecule has 2 nitrogen and oxygen atoms in total. The van der Waals surface area contributed by atoms with Crippen LogP contribution in [0.1, 0.15) is 23.6 Å². The molecule has 0 saturated carbocycles. The molecule has 1 aromatic rings. The zero-order chi connectivity index (χ0) is 9.26. The lowest BCUT2D eigenvalue weighted by Crippen LogP contribution is -2.35. The zero-order valence-electron chi connectivity index (χ0n) is 8.54. The normalized spacial score (nSPS) is 19.4. The molecular weight excluding hydrogens is 198 g/mol. The van der Waals surface area contributed by atoms with Crippen molar-refractivity contribution in [1.29, 1.82) is 0 Å². The minimum Gasteiger partial charge on any atom is -0.497 e. The largest absolute Gasteiger partial charge is 0.497 e. The van der Waals surface area contributed by atoms with Crippen molar-refractivity contribution in [3.63, 3.8) is 0 Å². The van der Waals surface area contributed by atoms with Gasteiger partial charge in [-0.1, -0.05) is 6.07 Å². The van der Waals surface area contributed by atoms with Gasteiger partial charge in [-0.05, 0) is 43.1 Å². The monoisotopic (exact) mass is 213 g/mol. The Morgan fingerprint density at radius 2 is 2.14 bits per heavy atom. The summed E-state index contributed by atoms with van der Waals surface area (Å²) in [7, 11) is 1.70. The summed E-state index contributed by atoms with van der Waals surface area (Å²) < 4.78 is 5.16. The van der Waals surface area contributed by atoms with E-state index in [9.17, 15) is 0 Å². The molecule has 1 aromatic carbocycles. The molecule has 1 atom stereocenters. The van der Waals surface area contributed by atoms with E-state index in [-0.39, 0.29) is 12.4 Å². The number of rotatable bonds is 2. The quantitative estimate of drug-likeness (QED) is 0.815. The fourth-order valence-corrected chi connectivity index (χ4v) is 1.72. The number of hydrogen-bond acceptors (Lipinski definition) is 2. The van der Waals surface area contributed by atoms with Crippen molar-refractivity contribution in [3.05, 3.63) is 29.3 Å². The van der Waals surface area contributed by atoms with E-state index in [1.165, 1.54) is 17.5 Å². The van der Waals surface area contributed by atoms with Crippen molar-refractivity contribution in [2.24, 2.45) is 0 Å². The van der Waals surface area contributed by atoms with Gasteiger partial charge in [0.2, 0.25) is 0 Å². The van der Waals surface area contributed by atoms with Crippen LogP contribution in [0.15, 0.2) is 18.2 Å². The number of aryl methyl sites for hydroxylation is 1. The van der Waals surface area contributed by atoms with Crippen molar-refractivity contribution in [2.45, 2.75) is 19.4 Å². The van der Waals surface area contributed by atoms with Gasteiger partial charge in [-0.3, -0.25) is 0 Å². The molecule has 1 aliphatic heterocycles. The molecular formula is C11H16ClNO. The number of halogens is 1. The van der Waals surface area contributed by atoms with Gasteiger partial charge >= 0.3 is 0 Å². The van der Waals surface area contributed by atoms with Gasteiger partial charge in [-0.2, -0.15) is 0 Å². The second-order valence-electron chi connectivity index (χ2n) is 3.52. The van der Waals surface area contributed by atoms with Crippen molar-refractivity contribution < 1.29 is 4.74 Å². The zero-order valence-corrected chi connectivity index (χ0v) is 9.36. The van der Waals surface area contributed by atoms with Crippen molar-refractivity contribution in [2.75, 3.05) is 13.7 Å². The number of methoxy groups -OCH3 is 1. The van der Waals surface area contributed by atoms with Gasteiger partial charge in [0.25, 0.3) is 0 Å². The van der Waals surface area contributed by atoms with Crippen LogP contribution in [0.5, 0.6) is 5.75 Å². The van der Waals surface area contributed by atoms with E-state index in [2.05, 4.69) is 24.4 Å². The maximum absolute atomic E-state index is 5.16. The van der Waals surface area contributed by atoms with E-state index in [0.29, 0.717) is 6.04 Å². The number of benzene rings is 1. The molecule has 0 radical (unpaired) electrons. The molecule has 0 amide bonds. The second kappa shape index (κ2) is 4.67. The molecule has 1 N–H and O–H groups in total. The van der Waals surface area contributed by atoms with E-state index in [1.54, 1.807) is 7.11 Å². The van der Waals surface area contributed by atoms with Gasteiger partial charge in [-0.25, -0.2) is 0 Å². The molecule has 0 unspecified atom stereocenters. The summed E-state index contributed by atoms with van der Waals surface area (Å²) in [6, 6.07) is 6.86. The first-order chi connectivity index (χ1) is 6.31. The molecule has 0 spiro atoms. The van der Waals surface area contributed by atoms with E-state index >= 15 is 0 Å². The molecule has 1 fully saturated rings. The lowest BCUT2D eigenvalue weighted by Gasteiger charge is -2.29. The summed E-state index contributed by atoms with van der Waals surface area (Å²) in [6.45, 7) is 3.29. The summed E-state index contributed by atoms with van der Waals surface area (Å²) in [6.07, 6.45) is 1.26. The highest BCUT2D eigenvalue weighted by Gasteiger charge is 2.19. The molecule has 0 aliphatic carbocycles. The van der Waals surface area contributed by atoms with Crippen LogP contribution in [0.25, 0.3) is 0 Å². The topological polar surface area (TPSA) is 21.3 Å². The van der Waals surface area contributed by atoms with Crippen LogP contribution in [-0.2, 0) is 0 Å². The van der Waals surface area contributed by atoms with Crippen LogP contribution in [0.3, 0.4) is 0 Å². The predicted octanol–water partition coefficient (Wildman–Crippen LogP) is 2.46. The van der Waals surface area contributed by atoms with Crippen molar-refractivity contribution in [1.82, 2.24) is 5.32 Å². The number of hydrogen-bond donors (Lipinski definition) is 1. The third-order valence-corrected chi connectivity index (χ3v) is 2.68. The van der Waals surface area contributed by atoms with Crippen molar-refractivity contribution >= 4 is 12.4 Å². The van der Waals surface area contributed by atoms with Crippen molar-refractivity contribution in [3.8, 4) is 5.75 Å². The van der Waals surface area contributed by atoms with Crippen LogP contribution >= 0.6 is 12.4 Å². The Morgan fingerprint density at radius 1 is 1.43 bits per heavy atom. The van der Waals surface area contributed by atoms with Gasteiger partial charge in [0, 0.05) is 6.04 Å². The van der Waals surface area contributed by atoms with E-state index in [4.69, 9.17) is 4.74 Å². The average Bonchev–Trinajstić information content (AvgIpc) is 2.05. The third kappa shape index (κ3) is 2.02. The van der Waals surface area contributed by atoms with Crippen LogP contribution in [0.2, 0.25) is 0 Å². The summed E-state index contributed by atoms with van der Waals surface area (Å²) >= 11 is 0. The van der Waals surface area contributed by atoms with Crippen LogP contribution in [0.4, 0.5) is 0 Å². The molecule has 1 heterocycles. The summed E-state index contributed by atoms with van der Waals surface area (Å²) in [5.74, 6) is 0.945. The smallest absolute Gasteiger partial charge is 0.119 e. The van der Waals surface area contributed by atoms with Crippen LogP contribution < -0.4 is 10.1 Å². The number of ether oxygens (including phenoxy) is 1. The Bertz CT molecular complexity index is 310. The SMILES string of the molecule is COc1ccc([C@H]2CCN2)c(C)c1.Cl. The fraction of sp³-hybridized carbons (Fsp3) is 0.455. The Hall–Kier alpha value is -0.730. The minimum absolute atomic E-state index is 0. The highest BCUT2D eigenvalue weighted by Crippen LogP contribution is 2.27. The number of nitrogens with one attached hydrogen (secondary N) is 1. The van der Waals surface area contributed by atoms with E-state index in [0.717, 1.165) is 12.3 Å². The minimum atomic E-state index is 0. The van der Waals surface area contributed by atoms with Crippen LogP contribution in [-0.4, -0.2) is 13.7 Å². The standard InChI is InChI=1S/C11H15NO.ClH/c1-8-7-9(13-2)3-4-10(8)11-5-6-12-11;/h3-4,7,11-12H,5-6H2,1-2H3;1H/t11-;/m1./s1. The highest BCUT2D eigenvalue weighted by atomic mass is 35.5. The molecule has 78 valence electrons. The molecule has 1 aliphatic rings. The Balaban J connectivity index is 0.000000980. The first-order valence-corrected chi connectivity index (χ1v) is 4.69. The Morgan fingerprint density at radius 3 is 2.57 bits per heavy atom. The molecule has 14 heavy (non-hydrogen) atoms. The van der Waals surface area contributed by atoms with E-state index < -0.39 is 0 Å². The lowest BCUT2D eigenvalue weighted by atomic mass is 9.94. The fourth-order valence-electron chi connectivity index (χ4n) is 1.72. The predicted molar refractivity (Wildman–Crippen MR) is 60.3 cm³/mol. The molecule has 1 saturated heterocycles. The Kier molecular flexibility index (Phi) is 3.78. The molecule has 3 heteroatoms. The van der Waals surface area contributed by atoms with Gasteiger partial charge in [0.1, 0.15) is 5.75 Å². The Labute approximate surface area is 91.1 Å². The van der Waals surface area contributed by atoms with Gasteiger partial charge in [0.05, 0.1) is 7.11 Å². The summed E-state index contributed by atoms with van der Waals surface area (Å²) in [5.41, 5.74) is 2.73. The summed E-state index contributed by atoms with van der Waals surface area (Å²) in [4.78, 5) is 0. The van der Waals surface area contributed by atoms with Gasteiger partial charge in [-0.15, -0.1) is 12.4 Å². The molecule has 2 rings (SSSR count). The van der Waals surface area contributed by atoms with Gasteiger partial charge in [0.15, 0.2) is 0 Å². The van der Waals surface area contributed by atoms with Crippen LogP contribution in [0, 0.1) is 6.92 Å². The van der Waals surface area contributed by atoms with Gasteiger partial charge < -0.3 is 10.1 Å². The molecule has 0 aromatic heterocycles. The first-order valence-electron chi connectivity index (χ1n) is 4.69. The summed E-state index contributed by atoms with van der Waals surface area (Å²) in [5, 5.41) is 3.40. The van der Waals surface area contributed by atoms with E-state index in [1.807, 2.05) is 6.07 Å². The third-order valence-electron chi connectivity index (χ3n) is 2.68. The lowest BCUT2D eigenvalue weighted by molar-refractivity contribution is 0.380. The average molecular weight is 214 g/mol. The maximum Gasteiger partial charge on any atom is 0.119 e.